The predicted molar refractivity (Wildman–Crippen MR) is 114 cm³/mol. The number of rotatable bonds is 5. The minimum absolute atomic E-state index is 0.131. The molecule has 0 unspecified atom stereocenters. The fourth-order valence-electron chi connectivity index (χ4n) is 4.09. The van der Waals surface area contributed by atoms with E-state index >= 15 is 0 Å². The van der Waals surface area contributed by atoms with Gasteiger partial charge in [-0.25, -0.2) is 9.59 Å². The van der Waals surface area contributed by atoms with Gasteiger partial charge in [0.15, 0.2) is 0 Å². The van der Waals surface area contributed by atoms with Crippen LogP contribution in [-0.2, 0) is 11.3 Å². The van der Waals surface area contributed by atoms with Crippen molar-refractivity contribution in [3.63, 3.8) is 0 Å². The zero-order valence-electron chi connectivity index (χ0n) is 16.6. The first-order valence-electron chi connectivity index (χ1n) is 9.56. The highest BCUT2D eigenvalue weighted by molar-refractivity contribution is 6.36. The van der Waals surface area contributed by atoms with Gasteiger partial charge in [0.2, 0.25) is 0 Å². The molecular weight excluding hydrogens is 408 g/mol. The standard InChI is InChI=1S/C21H21ClN4O4/c1-11-17(10-15-14-9-13(22)3-4-16(14)24-19(15)27)26(12(2)18(11)20(28)29)8-7-25-6-5-23-21(25)30/h3-4,9-10H,5-8H2,1-2H3,(H,23,30)(H,24,27)(H,28,29)/b15-10-. The van der Waals surface area contributed by atoms with Crippen molar-refractivity contribution in [1.29, 1.82) is 0 Å². The van der Waals surface area contributed by atoms with Crippen molar-refractivity contribution >= 4 is 46.8 Å². The Labute approximate surface area is 178 Å². The van der Waals surface area contributed by atoms with E-state index in [9.17, 15) is 19.5 Å². The average molecular weight is 429 g/mol. The molecule has 3 N–H and O–H groups in total. The number of carboxylic acids is 1. The minimum Gasteiger partial charge on any atom is -0.478 e. The van der Waals surface area contributed by atoms with Crippen molar-refractivity contribution in [2.24, 2.45) is 0 Å². The molecule has 2 aliphatic rings. The molecule has 0 saturated carbocycles. The van der Waals surface area contributed by atoms with Crippen LogP contribution in [-0.4, -0.2) is 52.1 Å². The van der Waals surface area contributed by atoms with Gasteiger partial charge in [-0.3, -0.25) is 4.79 Å². The fraction of sp³-hybridized carbons (Fsp3) is 0.286. The van der Waals surface area contributed by atoms with Gasteiger partial charge in [0.05, 0.1) is 11.1 Å². The molecule has 1 saturated heterocycles. The van der Waals surface area contributed by atoms with Gasteiger partial charge in [0.25, 0.3) is 5.91 Å². The number of benzene rings is 1. The number of fused-ring (bicyclic) bond motifs is 1. The summed E-state index contributed by atoms with van der Waals surface area (Å²) in [5.41, 5.74) is 3.74. The number of carbonyl (C=O) groups excluding carboxylic acids is 2. The molecule has 9 heteroatoms. The largest absolute Gasteiger partial charge is 0.478 e. The lowest BCUT2D eigenvalue weighted by Gasteiger charge is -2.17. The summed E-state index contributed by atoms with van der Waals surface area (Å²) in [6.07, 6.45) is 1.70. The first-order chi connectivity index (χ1) is 14.3. The van der Waals surface area contributed by atoms with E-state index in [0.717, 1.165) is 0 Å². The first kappa shape index (κ1) is 20.0. The second-order valence-corrected chi connectivity index (χ2v) is 7.78. The molecule has 3 heterocycles. The Hall–Kier alpha value is -3.26. The highest BCUT2D eigenvalue weighted by Gasteiger charge is 2.28. The van der Waals surface area contributed by atoms with Crippen LogP contribution in [0.15, 0.2) is 18.2 Å². The van der Waals surface area contributed by atoms with Crippen molar-refractivity contribution in [3.8, 4) is 0 Å². The first-order valence-corrected chi connectivity index (χ1v) is 9.94. The number of hydrogen-bond acceptors (Lipinski definition) is 3. The number of carbonyl (C=O) groups is 3. The summed E-state index contributed by atoms with van der Waals surface area (Å²) < 4.78 is 1.85. The van der Waals surface area contributed by atoms with Crippen LogP contribution in [0, 0.1) is 13.8 Å². The van der Waals surface area contributed by atoms with Crippen LogP contribution in [0.1, 0.15) is 32.9 Å². The van der Waals surface area contributed by atoms with E-state index in [1.807, 2.05) is 4.57 Å². The van der Waals surface area contributed by atoms with E-state index in [1.54, 1.807) is 43.0 Å². The summed E-state index contributed by atoms with van der Waals surface area (Å²) in [4.78, 5) is 38.0. The lowest BCUT2D eigenvalue weighted by atomic mass is 10.0. The maximum atomic E-state index is 12.6. The number of nitrogens with zero attached hydrogens (tertiary/aromatic N) is 2. The smallest absolute Gasteiger partial charge is 0.337 e. The van der Waals surface area contributed by atoms with Crippen molar-refractivity contribution in [2.45, 2.75) is 20.4 Å². The summed E-state index contributed by atoms with van der Waals surface area (Å²) in [5, 5.41) is 15.8. The molecule has 0 radical (unpaired) electrons. The third-order valence-corrected chi connectivity index (χ3v) is 5.85. The van der Waals surface area contributed by atoms with Crippen molar-refractivity contribution < 1.29 is 19.5 Å². The minimum atomic E-state index is -1.03. The number of aromatic nitrogens is 1. The van der Waals surface area contributed by atoms with E-state index in [0.29, 0.717) is 65.0 Å². The van der Waals surface area contributed by atoms with Gasteiger partial charge in [0.1, 0.15) is 0 Å². The number of urea groups is 1. The number of carboxylic acid groups (broad SMARTS) is 1. The van der Waals surface area contributed by atoms with Crippen LogP contribution in [0.3, 0.4) is 0 Å². The van der Waals surface area contributed by atoms with Crippen LogP contribution >= 0.6 is 11.6 Å². The number of nitrogens with one attached hydrogen (secondary N) is 2. The summed E-state index contributed by atoms with van der Waals surface area (Å²) in [6, 6.07) is 5.02. The molecule has 2 aliphatic heterocycles. The van der Waals surface area contributed by atoms with Crippen LogP contribution in [0.5, 0.6) is 0 Å². The summed E-state index contributed by atoms with van der Waals surface area (Å²) >= 11 is 6.12. The Bertz CT molecular complexity index is 1120. The molecule has 0 aliphatic carbocycles. The second-order valence-electron chi connectivity index (χ2n) is 7.35. The molecule has 2 aromatic rings. The second kappa shape index (κ2) is 7.53. The SMILES string of the molecule is Cc1c(C(=O)O)c(C)n(CCN2CCNC2=O)c1/C=C1\C(=O)Nc2ccc(Cl)cc21. The highest BCUT2D eigenvalue weighted by Crippen LogP contribution is 2.36. The van der Waals surface area contributed by atoms with E-state index in [1.165, 1.54) is 0 Å². The Morgan fingerprint density at radius 3 is 2.70 bits per heavy atom. The van der Waals surface area contributed by atoms with E-state index in [-0.39, 0.29) is 17.5 Å². The maximum Gasteiger partial charge on any atom is 0.337 e. The molecule has 8 nitrogen and oxygen atoms in total. The number of amides is 3. The van der Waals surface area contributed by atoms with Gasteiger partial charge in [-0.15, -0.1) is 0 Å². The Kier molecular flexibility index (Phi) is 5.03. The molecule has 4 rings (SSSR count). The summed E-state index contributed by atoms with van der Waals surface area (Å²) in [7, 11) is 0. The van der Waals surface area contributed by atoms with Crippen LogP contribution in [0.25, 0.3) is 11.6 Å². The number of halogens is 1. The van der Waals surface area contributed by atoms with Gasteiger partial charge in [0, 0.05) is 53.8 Å². The number of hydrogen-bond donors (Lipinski definition) is 3. The quantitative estimate of drug-likeness (QED) is 0.637. The Balaban J connectivity index is 1.79. The third-order valence-electron chi connectivity index (χ3n) is 5.61. The molecule has 1 aromatic heterocycles. The molecule has 1 aromatic carbocycles. The Morgan fingerprint density at radius 1 is 1.27 bits per heavy atom. The molecule has 3 amide bonds. The zero-order valence-corrected chi connectivity index (χ0v) is 17.3. The molecule has 0 atom stereocenters. The topological polar surface area (TPSA) is 104 Å². The van der Waals surface area contributed by atoms with Crippen LogP contribution < -0.4 is 10.6 Å². The zero-order chi connectivity index (χ0) is 21.6. The van der Waals surface area contributed by atoms with E-state index in [4.69, 9.17) is 11.6 Å². The average Bonchev–Trinajstić information content (AvgIpc) is 3.29. The van der Waals surface area contributed by atoms with Gasteiger partial charge in [-0.05, 0) is 43.7 Å². The molecular formula is C21H21ClN4O4. The molecule has 0 bridgehead atoms. The van der Waals surface area contributed by atoms with Crippen molar-refractivity contribution in [3.05, 3.63) is 51.3 Å². The summed E-state index contributed by atoms with van der Waals surface area (Å²) in [6.45, 7) is 5.52. The fourth-order valence-corrected chi connectivity index (χ4v) is 4.26. The van der Waals surface area contributed by atoms with Gasteiger partial charge < -0.3 is 25.2 Å². The lowest BCUT2D eigenvalue weighted by molar-refractivity contribution is -0.110. The summed E-state index contributed by atoms with van der Waals surface area (Å²) in [5.74, 6) is -1.30. The van der Waals surface area contributed by atoms with Gasteiger partial charge >= 0.3 is 12.0 Å². The van der Waals surface area contributed by atoms with Crippen LogP contribution in [0.2, 0.25) is 5.02 Å². The van der Waals surface area contributed by atoms with Gasteiger partial charge in [-0.1, -0.05) is 11.6 Å². The predicted octanol–water partition coefficient (Wildman–Crippen LogP) is 2.97. The third kappa shape index (κ3) is 3.33. The van der Waals surface area contributed by atoms with E-state index in [2.05, 4.69) is 10.6 Å². The number of anilines is 1. The van der Waals surface area contributed by atoms with Crippen molar-refractivity contribution in [1.82, 2.24) is 14.8 Å². The Morgan fingerprint density at radius 2 is 2.03 bits per heavy atom. The number of aromatic carboxylic acids is 1. The molecule has 156 valence electrons. The molecule has 30 heavy (non-hydrogen) atoms. The molecule has 0 spiro atoms. The normalized spacial score (nSPS) is 16.8. The highest BCUT2D eigenvalue weighted by atomic mass is 35.5. The van der Waals surface area contributed by atoms with E-state index < -0.39 is 5.97 Å². The molecule has 1 fully saturated rings. The van der Waals surface area contributed by atoms with Gasteiger partial charge in [-0.2, -0.15) is 0 Å². The maximum absolute atomic E-state index is 12.6. The lowest BCUT2D eigenvalue weighted by Crippen LogP contribution is -2.31. The van der Waals surface area contributed by atoms with Crippen LogP contribution in [0.4, 0.5) is 10.5 Å². The van der Waals surface area contributed by atoms with Crippen molar-refractivity contribution in [2.75, 3.05) is 25.0 Å². The monoisotopic (exact) mass is 428 g/mol.